The number of anilines is 1. The number of phenols is 1. The van der Waals surface area contributed by atoms with Gasteiger partial charge in [-0.1, -0.05) is 12.0 Å². The zero-order chi connectivity index (χ0) is 34.0. The van der Waals surface area contributed by atoms with Crippen molar-refractivity contribution in [1.82, 2.24) is 39.5 Å². The Bertz CT molecular complexity index is 2170. The van der Waals surface area contributed by atoms with Gasteiger partial charge in [0.25, 0.3) is 0 Å². The van der Waals surface area contributed by atoms with E-state index in [1.54, 1.807) is 4.90 Å². The molecular formula is C35H33F2N9O3. The highest BCUT2D eigenvalue weighted by atomic mass is 19.1. The predicted molar refractivity (Wildman–Crippen MR) is 177 cm³/mol. The number of likely N-dealkylation sites (tertiary alicyclic amines) is 2. The van der Waals surface area contributed by atoms with E-state index in [2.05, 4.69) is 30.9 Å². The van der Waals surface area contributed by atoms with Gasteiger partial charge in [0.2, 0.25) is 0 Å². The highest BCUT2D eigenvalue weighted by Gasteiger charge is 2.52. The Balaban J connectivity index is 1.24. The summed E-state index contributed by atoms with van der Waals surface area (Å²) in [5.41, 5.74) is -0.595. The molecule has 2 unspecified atom stereocenters. The number of hydrogen-bond acceptors (Lipinski definition) is 10. The maximum absolute atomic E-state index is 16.9. The molecule has 12 nitrogen and oxygen atoms in total. The van der Waals surface area contributed by atoms with Gasteiger partial charge in [-0.3, -0.25) is 9.88 Å². The number of hydrogen-bond donors (Lipinski definition) is 1. The van der Waals surface area contributed by atoms with Crippen molar-refractivity contribution in [2.45, 2.75) is 50.3 Å². The van der Waals surface area contributed by atoms with Crippen LogP contribution in [0.1, 0.15) is 38.2 Å². The number of amides is 1. The number of aromatic nitrogens is 6. The highest BCUT2D eigenvalue weighted by molar-refractivity contribution is 6.03. The number of aromatic hydroxyl groups is 1. The van der Waals surface area contributed by atoms with Gasteiger partial charge in [-0.05, 0) is 69.8 Å². The van der Waals surface area contributed by atoms with Crippen LogP contribution in [0.3, 0.4) is 0 Å². The Morgan fingerprint density at radius 3 is 2.73 bits per heavy atom. The molecule has 250 valence electrons. The third kappa shape index (κ3) is 4.99. The van der Waals surface area contributed by atoms with Gasteiger partial charge < -0.3 is 19.6 Å². The summed E-state index contributed by atoms with van der Waals surface area (Å²) in [7, 11) is 2.05. The van der Waals surface area contributed by atoms with Crippen LogP contribution >= 0.6 is 0 Å². The Labute approximate surface area is 280 Å². The monoisotopic (exact) mass is 665 g/mol. The molecule has 8 rings (SSSR count). The van der Waals surface area contributed by atoms with Crippen LogP contribution < -0.4 is 9.64 Å². The van der Waals surface area contributed by atoms with Crippen LogP contribution in [0.5, 0.6) is 11.8 Å². The van der Waals surface area contributed by atoms with Crippen molar-refractivity contribution in [1.29, 1.82) is 0 Å². The maximum Gasteiger partial charge on any atom is 0.346 e. The quantitative estimate of drug-likeness (QED) is 0.267. The fourth-order valence-corrected chi connectivity index (χ4v) is 7.76. The molecule has 3 aromatic heterocycles. The summed E-state index contributed by atoms with van der Waals surface area (Å²) in [5, 5.41) is 15.6. The number of ether oxygens (including phenoxy) is 1. The number of phenolic OH excluding ortho intramolecular Hbond substituents is 1. The van der Waals surface area contributed by atoms with Crippen molar-refractivity contribution < 1.29 is 23.4 Å². The zero-order valence-corrected chi connectivity index (χ0v) is 27.0. The highest BCUT2D eigenvalue weighted by Crippen LogP contribution is 2.43. The van der Waals surface area contributed by atoms with E-state index < -0.39 is 17.2 Å². The van der Waals surface area contributed by atoms with Crippen LogP contribution in [0.25, 0.3) is 32.9 Å². The fraction of sp³-hybridized carbons (Fsp3) is 0.371. The number of nitrogens with zero attached hydrogens (tertiary/aromatic N) is 9. The number of rotatable bonds is 5. The second-order valence-electron chi connectivity index (χ2n) is 13.1. The molecule has 0 aliphatic carbocycles. The first-order valence-electron chi connectivity index (χ1n) is 16.2. The molecule has 3 fully saturated rings. The number of pyridine rings is 1. The topological polar surface area (TPSA) is 126 Å². The molecule has 0 radical (unpaired) electrons. The number of likely N-dealkylation sites (N-methyl/N-ethyl adjacent to an activating group) is 1. The number of carbonyl (C=O) groups is 1. The van der Waals surface area contributed by atoms with Crippen LogP contribution in [0.2, 0.25) is 0 Å². The third-order valence-corrected chi connectivity index (χ3v) is 10.4. The van der Waals surface area contributed by atoms with Gasteiger partial charge in [-0.15, -0.1) is 6.42 Å². The average Bonchev–Trinajstić information content (AvgIpc) is 3.87. The summed E-state index contributed by atoms with van der Waals surface area (Å²) in [6.07, 6.45) is 13.0. The Hall–Kier alpha value is -5.42. The van der Waals surface area contributed by atoms with Gasteiger partial charge in [0.15, 0.2) is 5.82 Å². The summed E-state index contributed by atoms with van der Waals surface area (Å²) >= 11 is 0. The lowest BCUT2D eigenvalue weighted by Gasteiger charge is -2.50. The minimum atomic E-state index is -0.795. The van der Waals surface area contributed by atoms with Gasteiger partial charge in [0, 0.05) is 42.8 Å². The maximum atomic E-state index is 16.9. The smallest absolute Gasteiger partial charge is 0.346 e. The third-order valence-electron chi connectivity index (χ3n) is 10.4. The average molecular weight is 666 g/mol. The van der Waals surface area contributed by atoms with E-state index in [9.17, 15) is 14.3 Å². The number of fused-ring (bicyclic) bond motifs is 2. The fourth-order valence-electron chi connectivity index (χ4n) is 7.76. The molecule has 14 heteroatoms. The summed E-state index contributed by atoms with van der Waals surface area (Å²) in [4.78, 5) is 37.1. The number of terminal acetylenes is 1. The van der Waals surface area contributed by atoms with E-state index in [-0.39, 0.29) is 57.7 Å². The number of benzene rings is 2. The zero-order valence-electron chi connectivity index (χ0n) is 27.0. The molecule has 3 aliphatic heterocycles. The second kappa shape index (κ2) is 11.6. The van der Waals surface area contributed by atoms with Crippen LogP contribution in [0.4, 0.5) is 19.4 Å². The molecule has 2 aromatic carbocycles. The normalized spacial score (nSPS) is 21.4. The molecule has 6 heterocycles. The summed E-state index contributed by atoms with van der Waals surface area (Å²) in [6.45, 7) is 4.47. The Morgan fingerprint density at radius 1 is 1.18 bits per heavy atom. The van der Waals surface area contributed by atoms with Gasteiger partial charge in [0.05, 0.1) is 16.5 Å². The lowest BCUT2D eigenvalue weighted by atomic mass is 9.84. The lowest BCUT2D eigenvalue weighted by molar-refractivity contribution is 0.0400. The summed E-state index contributed by atoms with van der Waals surface area (Å²) in [5.74, 6) is 1.20. The molecule has 1 amide bonds. The first-order chi connectivity index (χ1) is 23.7. The molecule has 5 aromatic rings. The second-order valence-corrected chi connectivity index (χ2v) is 13.1. The largest absolute Gasteiger partial charge is 0.508 e. The van der Waals surface area contributed by atoms with Crippen molar-refractivity contribution >= 4 is 33.5 Å². The molecule has 1 N–H and O–H groups in total. The molecule has 0 saturated carbocycles. The van der Waals surface area contributed by atoms with E-state index >= 15 is 4.39 Å². The van der Waals surface area contributed by atoms with Crippen molar-refractivity contribution in [3.8, 4) is 35.4 Å². The van der Waals surface area contributed by atoms with Crippen LogP contribution in [0, 0.1) is 24.0 Å². The molecule has 49 heavy (non-hydrogen) atoms. The predicted octanol–water partition coefficient (Wildman–Crippen LogP) is 4.59. The van der Waals surface area contributed by atoms with E-state index in [0.29, 0.717) is 42.6 Å². The Morgan fingerprint density at radius 2 is 2.02 bits per heavy atom. The lowest BCUT2D eigenvalue weighted by Crippen LogP contribution is -2.64. The first kappa shape index (κ1) is 30.9. The van der Waals surface area contributed by atoms with Crippen LogP contribution in [0.15, 0.2) is 43.1 Å². The first-order valence-corrected chi connectivity index (χ1v) is 16.2. The van der Waals surface area contributed by atoms with Gasteiger partial charge >= 0.3 is 12.0 Å². The number of halogens is 2. The van der Waals surface area contributed by atoms with E-state index in [1.165, 1.54) is 47.8 Å². The van der Waals surface area contributed by atoms with Gasteiger partial charge in [-0.25, -0.2) is 18.6 Å². The standard InChI is InChI=1S/C35H33F2N9O3/c1-4-23-26(36)8-7-21-14-22(47)15-24(28(21)23)30-29(37)31-25(16-39-30)32(42-33(41-31)49-20(2)27-6-5-11-43(27)3)44-12-9-35(17-44)10-13-45(35)34(48)46-19-38-18-40-46/h1,7-8,14-16,18-20,27,47H,5-6,9-13,17H2,2-3H3/t20?,27-,35?/m0/s1. The van der Waals surface area contributed by atoms with Crippen molar-refractivity contribution in [3.05, 3.63) is 60.3 Å². The van der Waals surface area contributed by atoms with Crippen molar-refractivity contribution in [3.63, 3.8) is 0 Å². The molecule has 3 atom stereocenters. The van der Waals surface area contributed by atoms with E-state index in [0.717, 1.165) is 25.8 Å². The van der Waals surface area contributed by atoms with Gasteiger partial charge in [-0.2, -0.15) is 19.7 Å². The minimum absolute atomic E-state index is 0.00702. The van der Waals surface area contributed by atoms with E-state index in [1.807, 2.05) is 18.9 Å². The van der Waals surface area contributed by atoms with Crippen molar-refractivity contribution in [2.75, 3.05) is 38.1 Å². The van der Waals surface area contributed by atoms with Crippen LogP contribution in [-0.2, 0) is 0 Å². The molecule has 3 aliphatic rings. The SMILES string of the molecule is C#Cc1c(F)ccc2cc(O)cc(-c3ncc4c(N5CCC6(CCN6C(=O)n6cncn6)C5)nc(OC(C)[C@@H]5CCCN5C)nc4c3F)c12. The van der Waals surface area contributed by atoms with Crippen LogP contribution in [-0.4, -0.2) is 102 Å². The molecule has 3 saturated heterocycles. The van der Waals surface area contributed by atoms with Crippen molar-refractivity contribution in [2.24, 2.45) is 0 Å². The summed E-state index contributed by atoms with van der Waals surface area (Å²) in [6, 6.07) is 5.33. The number of carbonyl (C=O) groups excluding carboxylic acids is 1. The van der Waals surface area contributed by atoms with Gasteiger partial charge in [0.1, 0.15) is 47.4 Å². The molecule has 1 spiro atoms. The molecule has 0 bridgehead atoms. The Kier molecular flexibility index (Phi) is 7.33. The molecular weight excluding hydrogens is 632 g/mol. The minimum Gasteiger partial charge on any atom is -0.508 e. The summed E-state index contributed by atoms with van der Waals surface area (Å²) < 4.78 is 39.4. The van der Waals surface area contributed by atoms with E-state index in [4.69, 9.17) is 16.1 Å².